The molecule has 4 rings (SSSR count). The molecule has 0 radical (unpaired) electrons. The van der Waals surface area contributed by atoms with Crippen LogP contribution in [0.15, 0.2) is 91.0 Å². The molecule has 3 aromatic rings. The molecule has 0 unspecified atom stereocenters. The number of carbonyl (C=O) groups is 1. The molecule has 1 aliphatic rings. The molecule has 0 spiro atoms. The van der Waals surface area contributed by atoms with Gasteiger partial charge in [0.05, 0.1) is 6.54 Å². The van der Waals surface area contributed by atoms with Gasteiger partial charge in [0.25, 0.3) is 0 Å². The van der Waals surface area contributed by atoms with Crippen molar-refractivity contribution in [2.75, 3.05) is 26.2 Å². The lowest BCUT2D eigenvalue weighted by molar-refractivity contribution is -0.133. The first-order valence-corrected chi connectivity index (χ1v) is 12.4. The zero-order chi connectivity index (χ0) is 22.7. The molecule has 0 aliphatic carbocycles. The predicted octanol–water partition coefficient (Wildman–Crippen LogP) is 5.40. The van der Waals surface area contributed by atoms with Crippen molar-refractivity contribution in [2.24, 2.45) is 0 Å². The van der Waals surface area contributed by atoms with Gasteiger partial charge in [-0.2, -0.15) is 0 Å². The summed E-state index contributed by atoms with van der Waals surface area (Å²) in [6.45, 7) is 3.36. The molecule has 0 bridgehead atoms. The van der Waals surface area contributed by atoms with E-state index >= 15 is 0 Å². The summed E-state index contributed by atoms with van der Waals surface area (Å²) in [4.78, 5) is 17.9. The first-order valence-electron chi connectivity index (χ1n) is 12.4. The van der Waals surface area contributed by atoms with Gasteiger partial charge in [-0.3, -0.25) is 9.69 Å². The summed E-state index contributed by atoms with van der Waals surface area (Å²) in [6.07, 6.45) is 6.12. The number of benzene rings is 3. The van der Waals surface area contributed by atoms with Gasteiger partial charge in [0, 0.05) is 25.7 Å². The van der Waals surface area contributed by atoms with E-state index in [2.05, 4.69) is 101 Å². The Labute approximate surface area is 199 Å². The number of rotatable bonds is 10. The van der Waals surface area contributed by atoms with E-state index < -0.39 is 0 Å². The third kappa shape index (κ3) is 7.30. The maximum atomic E-state index is 13.4. The molecule has 1 heterocycles. The van der Waals surface area contributed by atoms with Crippen molar-refractivity contribution in [1.82, 2.24) is 9.80 Å². The number of aryl methyl sites for hydroxylation is 2. The Bertz CT molecular complexity index is 915. The minimum absolute atomic E-state index is 0.284. The van der Waals surface area contributed by atoms with Crippen molar-refractivity contribution < 1.29 is 4.79 Å². The van der Waals surface area contributed by atoms with Crippen LogP contribution in [0, 0.1) is 0 Å². The van der Waals surface area contributed by atoms with Gasteiger partial charge in [-0.1, -0.05) is 91.0 Å². The third-order valence-electron chi connectivity index (χ3n) is 6.77. The van der Waals surface area contributed by atoms with Crippen LogP contribution in [0.3, 0.4) is 0 Å². The molecular weight excluding hydrogens is 404 g/mol. The highest BCUT2D eigenvalue weighted by molar-refractivity contribution is 5.79. The second kappa shape index (κ2) is 12.4. The summed E-state index contributed by atoms with van der Waals surface area (Å²) in [5.74, 6) is 0.298. The van der Waals surface area contributed by atoms with Crippen LogP contribution in [0.25, 0.3) is 0 Å². The molecular formula is C30H36N2O. The molecule has 3 aromatic carbocycles. The molecule has 0 aromatic heterocycles. The summed E-state index contributed by atoms with van der Waals surface area (Å²) in [5, 5.41) is 0. The molecule has 0 atom stereocenters. The van der Waals surface area contributed by atoms with Crippen molar-refractivity contribution in [3.05, 3.63) is 108 Å². The molecule has 1 saturated heterocycles. The summed E-state index contributed by atoms with van der Waals surface area (Å²) in [5.41, 5.74) is 4.05. The lowest BCUT2D eigenvalue weighted by Crippen LogP contribution is -2.44. The Hall–Kier alpha value is -2.91. The average molecular weight is 441 g/mol. The number of hydrogen-bond donors (Lipinski definition) is 0. The van der Waals surface area contributed by atoms with Gasteiger partial charge >= 0.3 is 0 Å². The Balaban J connectivity index is 1.38. The number of amides is 1. The van der Waals surface area contributed by atoms with E-state index in [-0.39, 0.29) is 6.04 Å². The second-order valence-electron chi connectivity index (χ2n) is 9.15. The van der Waals surface area contributed by atoms with E-state index in [1.165, 1.54) is 16.7 Å². The number of hydrogen-bond acceptors (Lipinski definition) is 2. The lowest BCUT2D eigenvalue weighted by atomic mass is 9.97. The quantitative estimate of drug-likeness (QED) is 0.422. The molecule has 0 saturated carbocycles. The van der Waals surface area contributed by atoms with Crippen LogP contribution in [-0.4, -0.2) is 47.9 Å². The van der Waals surface area contributed by atoms with Crippen LogP contribution in [-0.2, 0) is 24.1 Å². The third-order valence-corrected chi connectivity index (χ3v) is 6.77. The van der Waals surface area contributed by atoms with Gasteiger partial charge in [-0.15, -0.1) is 0 Å². The van der Waals surface area contributed by atoms with E-state index in [4.69, 9.17) is 0 Å². The zero-order valence-corrected chi connectivity index (χ0v) is 19.6. The van der Waals surface area contributed by atoms with Crippen molar-refractivity contribution in [1.29, 1.82) is 0 Å². The van der Waals surface area contributed by atoms with Crippen LogP contribution < -0.4 is 0 Å². The van der Waals surface area contributed by atoms with Gasteiger partial charge in [-0.05, 0) is 55.2 Å². The fourth-order valence-corrected chi connectivity index (χ4v) is 4.87. The Morgan fingerprint density at radius 3 is 1.64 bits per heavy atom. The zero-order valence-electron chi connectivity index (χ0n) is 19.6. The summed E-state index contributed by atoms with van der Waals surface area (Å²) in [6, 6.07) is 32.2. The van der Waals surface area contributed by atoms with Gasteiger partial charge in [-0.25, -0.2) is 0 Å². The minimum Gasteiger partial charge on any atom is -0.339 e. The van der Waals surface area contributed by atoms with E-state index in [0.717, 1.165) is 58.2 Å². The largest absolute Gasteiger partial charge is 0.339 e. The summed E-state index contributed by atoms with van der Waals surface area (Å²) >= 11 is 0. The van der Waals surface area contributed by atoms with Crippen molar-refractivity contribution in [3.63, 3.8) is 0 Å². The molecule has 1 amide bonds. The van der Waals surface area contributed by atoms with Crippen LogP contribution in [0.1, 0.15) is 36.0 Å². The first kappa shape index (κ1) is 23.3. The van der Waals surface area contributed by atoms with Crippen molar-refractivity contribution >= 4 is 5.91 Å². The van der Waals surface area contributed by atoms with Crippen molar-refractivity contribution in [3.8, 4) is 0 Å². The predicted molar refractivity (Wildman–Crippen MR) is 136 cm³/mol. The standard InChI is InChI=1S/C30H36N2O/c33-30-25-31(24-21-28-15-8-3-9-16-28)22-10-23-32(30)29(19-17-26-11-4-1-5-12-26)20-18-27-13-6-2-7-14-27/h1-9,11-16,29H,10,17-25H2. The minimum atomic E-state index is 0.284. The smallest absolute Gasteiger partial charge is 0.236 e. The summed E-state index contributed by atoms with van der Waals surface area (Å²) < 4.78 is 0. The molecule has 1 fully saturated rings. The van der Waals surface area contributed by atoms with Gasteiger partial charge in [0.1, 0.15) is 0 Å². The first-order chi connectivity index (χ1) is 16.3. The van der Waals surface area contributed by atoms with Crippen LogP contribution >= 0.6 is 0 Å². The average Bonchev–Trinajstić information content (AvgIpc) is 3.06. The van der Waals surface area contributed by atoms with Crippen LogP contribution in [0.5, 0.6) is 0 Å². The lowest BCUT2D eigenvalue weighted by Gasteiger charge is -2.31. The SMILES string of the molecule is O=C1CN(CCc2ccccc2)CCCN1C(CCc1ccccc1)CCc1ccccc1. The second-order valence-corrected chi connectivity index (χ2v) is 9.15. The summed E-state index contributed by atoms with van der Waals surface area (Å²) in [7, 11) is 0. The maximum Gasteiger partial charge on any atom is 0.236 e. The Kier molecular flexibility index (Phi) is 8.71. The highest BCUT2D eigenvalue weighted by atomic mass is 16.2. The highest BCUT2D eigenvalue weighted by Crippen LogP contribution is 2.19. The Morgan fingerprint density at radius 1 is 0.636 bits per heavy atom. The Morgan fingerprint density at radius 2 is 1.12 bits per heavy atom. The highest BCUT2D eigenvalue weighted by Gasteiger charge is 2.27. The topological polar surface area (TPSA) is 23.6 Å². The van der Waals surface area contributed by atoms with E-state index in [0.29, 0.717) is 12.5 Å². The van der Waals surface area contributed by atoms with Gasteiger partial charge in [0.15, 0.2) is 0 Å². The molecule has 0 N–H and O–H groups in total. The maximum absolute atomic E-state index is 13.4. The van der Waals surface area contributed by atoms with E-state index in [1.54, 1.807) is 0 Å². The fourth-order valence-electron chi connectivity index (χ4n) is 4.87. The number of nitrogens with zero attached hydrogens (tertiary/aromatic N) is 2. The monoisotopic (exact) mass is 440 g/mol. The van der Waals surface area contributed by atoms with Crippen molar-refractivity contribution in [2.45, 2.75) is 44.6 Å². The normalized spacial score (nSPS) is 15.1. The molecule has 33 heavy (non-hydrogen) atoms. The molecule has 3 nitrogen and oxygen atoms in total. The molecule has 172 valence electrons. The van der Waals surface area contributed by atoms with E-state index in [1.807, 2.05) is 0 Å². The van der Waals surface area contributed by atoms with Gasteiger partial charge in [0.2, 0.25) is 5.91 Å². The van der Waals surface area contributed by atoms with Crippen LogP contribution in [0.4, 0.5) is 0 Å². The van der Waals surface area contributed by atoms with E-state index in [9.17, 15) is 4.79 Å². The molecule has 3 heteroatoms. The van der Waals surface area contributed by atoms with Crippen LogP contribution in [0.2, 0.25) is 0 Å². The fraction of sp³-hybridized carbons (Fsp3) is 0.367. The molecule has 1 aliphatic heterocycles. The number of carbonyl (C=O) groups excluding carboxylic acids is 1. The van der Waals surface area contributed by atoms with Gasteiger partial charge < -0.3 is 4.90 Å².